The molecular weight excluding hydrogens is 455 g/mol. The lowest BCUT2D eigenvalue weighted by Gasteiger charge is -2.18. The van der Waals surface area contributed by atoms with Crippen LogP contribution in [0.3, 0.4) is 0 Å². The van der Waals surface area contributed by atoms with Gasteiger partial charge in [0.2, 0.25) is 5.91 Å². The molecule has 0 aliphatic rings. The highest BCUT2D eigenvalue weighted by Crippen LogP contribution is 2.33. The first kappa shape index (κ1) is 21.8. The monoisotopic (exact) mass is 474 g/mol. The first-order chi connectivity index (χ1) is 15.0. The largest absolute Gasteiger partial charge is 0.319 e. The van der Waals surface area contributed by atoms with Crippen molar-refractivity contribution in [3.8, 4) is 0 Å². The summed E-state index contributed by atoms with van der Waals surface area (Å²) in [6.45, 7) is 4.39. The molecule has 0 aliphatic carbocycles. The van der Waals surface area contributed by atoms with Crippen LogP contribution in [-0.2, 0) is 17.1 Å². The van der Waals surface area contributed by atoms with Gasteiger partial charge in [0, 0.05) is 29.6 Å². The van der Waals surface area contributed by atoms with Crippen molar-refractivity contribution in [3.63, 3.8) is 0 Å². The Labute approximate surface area is 192 Å². The number of aryl methyl sites for hydroxylation is 1. The van der Waals surface area contributed by atoms with Crippen molar-refractivity contribution in [2.75, 3.05) is 4.90 Å². The first-order valence-electron chi connectivity index (χ1n) is 9.76. The third-order valence-corrected chi connectivity index (χ3v) is 6.73. The third kappa shape index (κ3) is 4.61. The number of nitrogens with zero attached hydrogens (tertiary/aromatic N) is 4. The maximum absolute atomic E-state index is 14.3. The number of fused-ring (bicyclic) bond motifs is 1. The molecule has 2 heterocycles. The van der Waals surface area contributed by atoms with E-state index in [1.165, 1.54) is 29.2 Å². The zero-order valence-corrected chi connectivity index (χ0v) is 19.4. The number of rotatable bonds is 7. The fourth-order valence-corrected chi connectivity index (χ4v) is 5.36. The molecule has 0 radical (unpaired) electrons. The van der Waals surface area contributed by atoms with E-state index in [4.69, 9.17) is 16.6 Å². The first-order valence-corrected chi connectivity index (χ1v) is 12.0. The summed E-state index contributed by atoms with van der Waals surface area (Å²) in [5.74, 6) is -0.170. The van der Waals surface area contributed by atoms with Gasteiger partial charge < -0.3 is 4.57 Å². The molecular formula is C22H20ClFN4OS2. The van der Waals surface area contributed by atoms with Crippen molar-refractivity contribution in [3.05, 3.63) is 64.4 Å². The summed E-state index contributed by atoms with van der Waals surface area (Å²) in [5, 5.41) is 3.89. The Bertz CT molecular complexity index is 1240. The summed E-state index contributed by atoms with van der Waals surface area (Å²) in [7, 11) is 0. The number of anilines is 2. The summed E-state index contributed by atoms with van der Waals surface area (Å²) < 4.78 is 16.5. The Morgan fingerprint density at radius 2 is 2.06 bits per heavy atom. The number of para-hydroxylation sites is 1. The summed E-state index contributed by atoms with van der Waals surface area (Å²) >= 11 is 9.02. The van der Waals surface area contributed by atoms with Crippen LogP contribution in [0.25, 0.3) is 11.0 Å². The van der Waals surface area contributed by atoms with Crippen LogP contribution in [0.4, 0.5) is 15.2 Å². The van der Waals surface area contributed by atoms with Crippen molar-refractivity contribution in [1.29, 1.82) is 0 Å². The fourth-order valence-electron chi connectivity index (χ4n) is 3.27. The number of hydrogen-bond acceptors (Lipinski definition) is 5. The molecule has 4 aromatic rings. The molecule has 160 valence electrons. The molecule has 2 aromatic heterocycles. The molecule has 0 spiro atoms. The second kappa shape index (κ2) is 9.38. The van der Waals surface area contributed by atoms with E-state index in [1.807, 2.05) is 23.6 Å². The highest BCUT2D eigenvalue weighted by molar-refractivity contribution is 7.98. The van der Waals surface area contributed by atoms with Gasteiger partial charge in [0.15, 0.2) is 10.3 Å². The van der Waals surface area contributed by atoms with Crippen molar-refractivity contribution < 1.29 is 9.18 Å². The molecule has 4 rings (SSSR count). The normalized spacial score (nSPS) is 11.2. The molecule has 0 aliphatic heterocycles. The second-order valence-corrected chi connectivity index (χ2v) is 9.11. The van der Waals surface area contributed by atoms with Gasteiger partial charge in [-0.3, -0.25) is 9.69 Å². The lowest BCUT2D eigenvalue weighted by atomic mass is 10.3. The number of imidazole rings is 1. The number of benzene rings is 2. The minimum atomic E-state index is -0.462. The lowest BCUT2D eigenvalue weighted by molar-refractivity contribution is -0.115. The van der Waals surface area contributed by atoms with E-state index in [-0.39, 0.29) is 11.6 Å². The zero-order valence-electron chi connectivity index (χ0n) is 17.0. The van der Waals surface area contributed by atoms with Gasteiger partial charge in [0.1, 0.15) is 5.82 Å². The van der Waals surface area contributed by atoms with Crippen LogP contribution < -0.4 is 4.90 Å². The van der Waals surface area contributed by atoms with Crippen LogP contribution >= 0.6 is 34.7 Å². The standard InChI is InChI=1S/C22H20ClFN4OS2/c1-3-10-27-20-9-8-15(23)11-18(20)26-21(27)30-12-16-13-31-22(25-16)28(14(2)29)19-7-5-4-6-17(19)24/h4-9,11,13H,3,10,12H2,1-2H3. The van der Waals surface area contributed by atoms with Crippen LogP contribution in [0, 0.1) is 5.82 Å². The Morgan fingerprint density at radius 3 is 2.81 bits per heavy atom. The van der Waals surface area contributed by atoms with Gasteiger partial charge in [-0.05, 0) is 36.8 Å². The molecule has 0 saturated carbocycles. The maximum atomic E-state index is 14.3. The van der Waals surface area contributed by atoms with Gasteiger partial charge in [-0.15, -0.1) is 11.3 Å². The predicted molar refractivity (Wildman–Crippen MR) is 126 cm³/mol. The number of thiazole rings is 1. The minimum absolute atomic E-state index is 0.199. The Kier molecular flexibility index (Phi) is 6.60. The van der Waals surface area contributed by atoms with E-state index in [1.54, 1.807) is 30.0 Å². The van der Waals surface area contributed by atoms with Gasteiger partial charge in [-0.2, -0.15) is 0 Å². The van der Waals surface area contributed by atoms with Crippen LogP contribution in [0.15, 0.2) is 53.0 Å². The molecule has 0 saturated heterocycles. The Morgan fingerprint density at radius 1 is 1.26 bits per heavy atom. The van der Waals surface area contributed by atoms with E-state index < -0.39 is 5.82 Å². The molecule has 0 unspecified atom stereocenters. The van der Waals surface area contributed by atoms with Gasteiger partial charge in [0.05, 0.1) is 22.4 Å². The van der Waals surface area contributed by atoms with E-state index in [2.05, 4.69) is 16.5 Å². The van der Waals surface area contributed by atoms with Gasteiger partial charge in [-0.25, -0.2) is 14.4 Å². The zero-order chi connectivity index (χ0) is 22.0. The Balaban J connectivity index is 1.58. The average Bonchev–Trinajstić information content (AvgIpc) is 3.33. The lowest BCUT2D eigenvalue weighted by Crippen LogP contribution is -2.23. The molecule has 0 bridgehead atoms. The van der Waals surface area contributed by atoms with Crippen LogP contribution in [-0.4, -0.2) is 20.4 Å². The average molecular weight is 475 g/mol. The summed E-state index contributed by atoms with van der Waals surface area (Å²) in [6, 6.07) is 11.9. The number of amides is 1. The van der Waals surface area contributed by atoms with E-state index >= 15 is 0 Å². The third-order valence-electron chi connectivity index (χ3n) is 4.61. The van der Waals surface area contributed by atoms with Crippen LogP contribution in [0.1, 0.15) is 26.0 Å². The topological polar surface area (TPSA) is 51.0 Å². The van der Waals surface area contributed by atoms with Gasteiger partial charge in [0.25, 0.3) is 0 Å². The molecule has 0 fully saturated rings. The molecule has 0 N–H and O–H groups in total. The SMILES string of the molecule is CCCn1c(SCc2csc(N(C(C)=O)c3ccccc3F)n2)nc2cc(Cl)ccc21. The van der Waals surface area contributed by atoms with E-state index in [0.717, 1.165) is 34.8 Å². The predicted octanol–water partition coefficient (Wildman–Crippen LogP) is 6.67. The number of carbonyl (C=O) groups excluding carboxylic acids is 1. The quantitative estimate of drug-likeness (QED) is 0.280. The van der Waals surface area contributed by atoms with Gasteiger partial charge in [-0.1, -0.05) is 42.4 Å². The highest BCUT2D eigenvalue weighted by Gasteiger charge is 2.21. The van der Waals surface area contributed by atoms with Gasteiger partial charge >= 0.3 is 0 Å². The molecule has 5 nitrogen and oxygen atoms in total. The fraction of sp³-hybridized carbons (Fsp3) is 0.227. The Hall–Kier alpha value is -2.42. The number of hydrogen-bond donors (Lipinski definition) is 0. The second-order valence-electron chi connectivity index (χ2n) is 6.89. The smallest absolute Gasteiger partial charge is 0.230 e. The molecule has 2 aromatic carbocycles. The molecule has 31 heavy (non-hydrogen) atoms. The summed E-state index contributed by atoms with van der Waals surface area (Å²) in [5.41, 5.74) is 2.92. The maximum Gasteiger partial charge on any atom is 0.230 e. The number of thioether (sulfide) groups is 1. The molecule has 1 amide bonds. The highest BCUT2D eigenvalue weighted by atomic mass is 35.5. The number of aromatic nitrogens is 3. The van der Waals surface area contributed by atoms with Crippen LogP contribution in [0.2, 0.25) is 5.02 Å². The summed E-state index contributed by atoms with van der Waals surface area (Å²) in [6.07, 6.45) is 0.985. The minimum Gasteiger partial charge on any atom is -0.319 e. The molecule has 0 atom stereocenters. The van der Waals surface area contributed by atoms with Crippen molar-refractivity contribution in [2.45, 2.75) is 37.7 Å². The number of halogens is 2. The van der Waals surface area contributed by atoms with Crippen molar-refractivity contribution in [1.82, 2.24) is 14.5 Å². The van der Waals surface area contributed by atoms with E-state index in [9.17, 15) is 9.18 Å². The van der Waals surface area contributed by atoms with Crippen LogP contribution in [0.5, 0.6) is 0 Å². The number of carbonyl (C=O) groups is 1. The van der Waals surface area contributed by atoms with Crippen molar-refractivity contribution in [2.24, 2.45) is 0 Å². The molecule has 9 heteroatoms. The summed E-state index contributed by atoms with van der Waals surface area (Å²) in [4.78, 5) is 22.9. The van der Waals surface area contributed by atoms with E-state index in [0.29, 0.717) is 15.9 Å². The van der Waals surface area contributed by atoms with Crippen molar-refractivity contribution >= 4 is 62.5 Å².